The minimum atomic E-state index is -0.423. The molecule has 0 radical (unpaired) electrons. The van der Waals surface area contributed by atoms with Gasteiger partial charge in [-0.1, -0.05) is 12.1 Å². The van der Waals surface area contributed by atoms with Gasteiger partial charge in [-0.05, 0) is 60.6 Å². The summed E-state index contributed by atoms with van der Waals surface area (Å²) in [4.78, 5) is 24.4. The zero-order chi connectivity index (χ0) is 20.8. The van der Waals surface area contributed by atoms with Gasteiger partial charge in [0, 0.05) is 12.0 Å². The average molecular weight is 398 g/mol. The number of carbonyl (C=O) groups is 2. The van der Waals surface area contributed by atoms with E-state index in [9.17, 15) is 9.59 Å². The number of ether oxygens (including phenoxy) is 4. The fourth-order valence-corrected chi connectivity index (χ4v) is 3.57. The number of Topliss-reactive ketones (excluding diaryl/α,β-unsaturated/α-hetero) is 1. The molecule has 2 aromatic carbocycles. The number of ketones is 1. The van der Waals surface area contributed by atoms with Crippen LogP contribution in [0.25, 0.3) is 0 Å². The fraction of sp³-hybridized carbons (Fsp3) is 0.391. The molecule has 0 unspecified atom stereocenters. The molecule has 6 heteroatoms. The summed E-state index contributed by atoms with van der Waals surface area (Å²) in [7, 11) is 4.62. The van der Waals surface area contributed by atoms with E-state index in [2.05, 4.69) is 0 Å². The molecule has 6 nitrogen and oxygen atoms in total. The second-order valence-corrected chi connectivity index (χ2v) is 6.95. The van der Waals surface area contributed by atoms with E-state index in [1.54, 1.807) is 26.4 Å². The maximum Gasteiger partial charge on any atom is 0.306 e. The van der Waals surface area contributed by atoms with Gasteiger partial charge in [0.1, 0.15) is 0 Å². The maximum absolute atomic E-state index is 12.3. The van der Waals surface area contributed by atoms with Crippen LogP contribution < -0.4 is 14.2 Å². The average Bonchev–Trinajstić information content (AvgIpc) is 3.22. The van der Waals surface area contributed by atoms with Crippen LogP contribution in [0.2, 0.25) is 0 Å². The Bertz CT molecular complexity index is 877. The zero-order valence-corrected chi connectivity index (χ0v) is 17.1. The largest absolute Gasteiger partial charge is 0.493 e. The van der Waals surface area contributed by atoms with Crippen LogP contribution in [0.4, 0.5) is 0 Å². The van der Waals surface area contributed by atoms with Gasteiger partial charge in [0.2, 0.25) is 5.75 Å². The maximum atomic E-state index is 12.3. The van der Waals surface area contributed by atoms with Gasteiger partial charge in [0.25, 0.3) is 0 Å². The summed E-state index contributed by atoms with van der Waals surface area (Å²) in [5.41, 5.74) is 3.98. The van der Waals surface area contributed by atoms with Crippen molar-refractivity contribution >= 4 is 11.8 Å². The third-order valence-corrected chi connectivity index (χ3v) is 5.13. The Labute approximate surface area is 170 Å². The number of rotatable bonds is 9. The highest BCUT2D eigenvalue weighted by molar-refractivity contribution is 5.98. The Morgan fingerprint density at radius 1 is 0.897 bits per heavy atom. The number of hydrogen-bond acceptors (Lipinski definition) is 6. The van der Waals surface area contributed by atoms with Crippen molar-refractivity contribution in [3.8, 4) is 17.2 Å². The molecule has 2 aromatic rings. The second-order valence-electron chi connectivity index (χ2n) is 6.95. The van der Waals surface area contributed by atoms with Crippen molar-refractivity contribution in [3.05, 3.63) is 52.6 Å². The van der Waals surface area contributed by atoms with Gasteiger partial charge in [-0.25, -0.2) is 0 Å². The van der Waals surface area contributed by atoms with Gasteiger partial charge in [-0.2, -0.15) is 0 Å². The summed E-state index contributed by atoms with van der Waals surface area (Å²) in [5.74, 6) is 0.958. The lowest BCUT2D eigenvalue weighted by Gasteiger charge is -2.14. The van der Waals surface area contributed by atoms with Crippen molar-refractivity contribution in [1.29, 1.82) is 0 Å². The predicted octanol–water partition coefficient (Wildman–Crippen LogP) is 3.56. The normalized spacial score (nSPS) is 12.2. The lowest BCUT2D eigenvalue weighted by Crippen LogP contribution is -2.15. The molecule has 0 fully saturated rings. The first-order valence-corrected chi connectivity index (χ1v) is 9.65. The Kier molecular flexibility index (Phi) is 6.75. The van der Waals surface area contributed by atoms with Gasteiger partial charge < -0.3 is 18.9 Å². The topological polar surface area (TPSA) is 71.1 Å². The molecule has 0 aliphatic heterocycles. The summed E-state index contributed by atoms with van der Waals surface area (Å²) in [5, 5.41) is 0. The van der Waals surface area contributed by atoms with E-state index in [1.165, 1.54) is 18.2 Å². The molecule has 0 aromatic heterocycles. The summed E-state index contributed by atoms with van der Waals surface area (Å²) in [6, 6.07) is 9.33. The molecule has 0 spiro atoms. The number of fused-ring (bicyclic) bond motifs is 1. The van der Waals surface area contributed by atoms with Crippen LogP contribution in [-0.4, -0.2) is 39.7 Å². The third-order valence-electron chi connectivity index (χ3n) is 5.13. The minimum absolute atomic E-state index is 0.149. The molecule has 0 saturated carbocycles. The molecule has 0 bridgehead atoms. The zero-order valence-electron chi connectivity index (χ0n) is 17.1. The lowest BCUT2D eigenvalue weighted by atomic mass is 10.0. The Balaban J connectivity index is 1.54. The molecule has 0 heterocycles. The van der Waals surface area contributed by atoms with Gasteiger partial charge in [0.05, 0.1) is 21.3 Å². The van der Waals surface area contributed by atoms with Crippen molar-refractivity contribution in [3.63, 3.8) is 0 Å². The van der Waals surface area contributed by atoms with Crippen molar-refractivity contribution in [1.82, 2.24) is 0 Å². The SMILES string of the molecule is COc1cc(CCC(=O)OCC(=O)c2ccc3c(c2)CCC3)cc(OC)c1OC. The van der Waals surface area contributed by atoms with E-state index in [4.69, 9.17) is 18.9 Å². The lowest BCUT2D eigenvalue weighted by molar-refractivity contribution is -0.142. The molecule has 1 aliphatic rings. The monoisotopic (exact) mass is 398 g/mol. The van der Waals surface area contributed by atoms with Crippen LogP contribution in [0.5, 0.6) is 17.2 Å². The first-order chi connectivity index (χ1) is 14.0. The standard InChI is InChI=1S/C23H26O6/c1-26-20-11-15(12-21(27-2)23(20)28-3)7-10-22(25)29-14-19(24)18-9-8-16-5-4-6-17(16)13-18/h8-9,11-13H,4-7,10,14H2,1-3H3. The number of hydrogen-bond donors (Lipinski definition) is 0. The Hall–Kier alpha value is -3.02. The number of aryl methyl sites for hydroxylation is 3. The number of carbonyl (C=O) groups excluding carboxylic acids is 2. The Morgan fingerprint density at radius 3 is 2.24 bits per heavy atom. The minimum Gasteiger partial charge on any atom is -0.493 e. The third kappa shape index (κ3) is 4.88. The van der Waals surface area contributed by atoms with Crippen molar-refractivity contribution in [2.45, 2.75) is 32.1 Å². The van der Waals surface area contributed by atoms with Crippen molar-refractivity contribution < 1.29 is 28.5 Å². The number of benzene rings is 2. The molecule has 0 N–H and O–H groups in total. The Morgan fingerprint density at radius 2 is 1.59 bits per heavy atom. The molecule has 0 saturated heterocycles. The number of methoxy groups -OCH3 is 3. The molecular weight excluding hydrogens is 372 g/mol. The fourth-order valence-electron chi connectivity index (χ4n) is 3.57. The van der Waals surface area contributed by atoms with E-state index < -0.39 is 5.97 Å². The number of esters is 1. The van der Waals surface area contributed by atoms with Gasteiger partial charge in [-0.15, -0.1) is 0 Å². The second kappa shape index (κ2) is 9.45. The first-order valence-electron chi connectivity index (χ1n) is 9.65. The van der Waals surface area contributed by atoms with E-state index >= 15 is 0 Å². The summed E-state index contributed by atoms with van der Waals surface area (Å²) < 4.78 is 21.1. The van der Waals surface area contributed by atoms with Crippen LogP contribution >= 0.6 is 0 Å². The highest BCUT2D eigenvalue weighted by Gasteiger charge is 2.17. The molecule has 0 atom stereocenters. The predicted molar refractivity (Wildman–Crippen MR) is 108 cm³/mol. The molecule has 154 valence electrons. The van der Waals surface area contributed by atoms with Gasteiger partial charge in [0.15, 0.2) is 23.9 Å². The molecular formula is C23H26O6. The van der Waals surface area contributed by atoms with Gasteiger partial charge >= 0.3 is 5.97 Å². The van der Waals surface area contributed by atoms with Crippen LogP contribution in [0, 0.1) is 0 Å². The van der Waals surface area contributed by atoms with E-state index in [0.29, 0.717) is 29.2 Å². The van der Waals surface area contributed by atoms with E-state index in [0.717, 1.165) is 24.8 Å². The first kappa shape index (κ1) is 20.7. The quantitative estimate of drug-likeness (QED) is 0.475. The van der Waals surface area contributed by atoms with Crippen molar-refractivity contribution in [2.24, 2.45) is 0 Å². The summed E-state index contributed by atoms with van der Waals surface area (Å²) >= 11 is 0. The van der Waals surface area contributed by atoms with Crippen LogP contribution in [0.1, 0.15) is 39.9 Å². The van der Waals surface area contributed by atoms with Crippen LogP contribution in [0.15, 0.2) is 30.3 Å². The highest BCUT2D eigenvalue weighted by Crippen LogP contribution is 2.38. The smallest absolute Gasteiger partial charge is 0.306 e. The van der Waals surface area contributed by atoms with Crippen LogP contribution in [0.3, 0.4) is 0 Å². The molecule has 1 aliphatic carbocycles. The van der Waals surface area contributed by atoms with E-state index in [1.807, 2.05) is 18.2 Å². The highest BCUT2D eigenvalue weighted by atomic mass is 16.5. The summed E-state index contributed by atoms with van der Waals surface area (Å²) in [6.45, 7) is -0.243. The van der Waals surface area contributed by atoms with Crippen LogP contribution in [-0.2, 0) is 28.8 Å². The summed E-state index contributed by atoms with van der Waals surface area (Å²) in [6.07, 6.45) is 3.78. The van der Waals surface area contributed by atoms with Crippen molar-refractivity contribution in [2.75, 3.05) is 27.9 Å². The molecule has 29 heavy (non-hydrogen) atoms. The van der Waals surface area contributed by atoms with Gasteiger partial charge in [-0.3, -0.25) is 9.59 Å². The molecule has 3 rings (SSSR count). The van der Waals surface area contributed by atoms with E-state index in [-0.39, 0.29) is 18.8 Å². The molecule has 0 amide bonds.